The molecule has 9 nitrogen and oxygen atoms in total. The number of nitrogens with one attached hydrogen (secondary N) is 2. The monoisotopic (exact) mass is 579 g/mol. The molecule has 2 aliphatic rings. The minimum Gasteiger partial charge on any atom is -0.469 e. The minimum absolute atomic E-state index is 0.0390. The van der Waals surface area contributed by atoms with Crippen molar-refractivity contribution in [1.29, 1.82) is 0 Å². The van der Waals surface area contributed by atoms with Gasteiger partial charge in [0.15, 0.2) is 5.82 Å². The third-order valence-electron chi connectivity index (χ3n) is 7.71. The Bertz CT molecular complexity index is 1480. The average Bonchev–Trinajstić information content (AvgIpc) is 2.96. The van der Waals surface area contributed by atoms with Crippen LogP contribution in [-0.2, 0) is 20.7 Å². The molecule has 1 aromatic carbocycles. The Balaban J connectivity index is 1.47. The molecule has 1 saturated heterocycles. The van der Waals surface area contributed by atoms with E-state index in [-0.39, 0.29) is 47.0 Å². The summed E-state index contributed by atoms with van der Waals surface area (Å²) in [5, 5.41) is 5.91. The molecule has 2 aromatic heterocycles. The van der Waals surface area contributed by atoms with Crippen LogP contribution in [0.2, 0.25) is 5.02 Å². The van der Waals surface area contributed by atoms with E-state index in [0.717, 1.165) is 11.1 Å². The van der Waals surface area contributed by atoms with Crippen molar-refractivity contribution in [3.8, 4) is 11.1 Å². The van der Waals surface area contributed by atoms with E-state index in [2.05, 4.69) is 20.6 Å². The number of anilines is 1. The van der Waals surface area contributed by atoms with Crippen LogP contribution in [0.15, 0.2) is 48.8 Å². The first-order valence-electron chi connectivity index (χ1n) is 13.6. The molecule has 0 radical (unpaired) electrons. The van der Waals surface area contributed by atoms with Gasteiger partial charge < -0.3 is 20.3 Å². The number of amides is 3. The number of ether oxygens (including phenoxy) is 1. The zero-order valence-electron chi connectivity index (χ0n) is 22.8. The Hall–Kier alpha value is -4.05. The molecule has 5 rings (SSSR count). The molecule has 0 aliphatic carbocycles. The second kappa shape index (κ2) is 12.2. The largest absolute Gasteiger partial charge is 0.469 e. The van der Waals surface area contributed by atoms with Crippen LogP contribution in [0.5, 0.6) is 0 Å². The van der Waals surface area contributed by atoms with Gasteiger partial charge >= 0.3 is 12.0 Å². The third kappa shape index (κ3) is 6.17. The quantitative estimate of drug-likeness (QED) is 0.389. The lowest BCUT2D eigenvalue weighted by molar-refractivity contribution is -0.139. The minimum atomic E-state index is -0.631. The summed E-state index contributed by atoms with van der Waals surface area (Å²) in [6.07, 6.45) is 5.52. The molecule has 0 saturated carbocycles. The van der Waals surface area contributed by atoms with E-state index in [1.54, 1.807) is 17.2 Å². The van der Waals surface area contributed by atoms with Gasteiger partial charge in [0.05, 0.1) is 42.0 Å². The first-order valence-corrected chi connectivity index (χ1v) is 14.0. The number of methoxy groups -OCH3 is 1. The average molecular weight is 580 g/mol. The van der Waals surface area contributed by atoms with Crippen molar-refractivity contribution < 1.29 is 23.5 Å². The summed E-state index contributed by atoms with van der Waals surface area (Å²) in [7, 11) is 1.34. The van der Waals surface area contributed by atoms with Gasteiger partial charge in [-0.2, -0.15) is 0 Å². The van der Waals surface area contributed by atoms with Gasteiger partial charge in [-0.25, -0.2) is 9.18 Å². The highest BCUT2D eigenvalue weighted by atomic mass is 35.5. The predicted molar refractivity (Wildman–Crippen MR) is 152 cm³/mol. The molecule has 1 unspecified atom stereocenters. The van der Waals surface area contributed by atoms with Crippen LogP contribution in [0.4, 0.5) is 14.9 Å². The zero-order valence-corrected chi connectivity index (χ0v) is 23.6. The Kier molecular flexibility index (Phi) is 8.49. The van der Waals surface area contributed by atoms with Crippen molar-refractivity contribution >= 4 is 35.2 Å². The Labute approximate surface area is 242 Å². The van der Waals surface area contributed by atoms with Gasteiger partial charge in [0, 0.05) is 36.1 Å². The highest BCUT2D eigenvalue weighted by Gasteiger charge is 2.34. The number of hydrogen-bond acceptors (Lipinski definition) is 6. The number of carbonyl (C=O) groups excluding carboxylic acids is 3. The Morgan fingerprint density at radius 2 is 1.93 bits per heavy atom. The maximum atomic E-state index is 14.6. The van der Waals surface area contributed by atoms with E-state index < -0.39 is 11.9 Å². The van der Waals surface area contributed by atoms with Gasteiger partial charge in [0.25, 0.3) is 0 Å². The number of rotatable bonds is 4. The van der Waals surface area contributed by atoms with Gasteiger partial charge in [-0.05, 0) is 54.7 Å². The van der Waals surface area contributed by atoms with Gasteiger partial charge in [-0.3, -0.25) is 19.6 Å². The highest BCUT2D eigenvalue weighted by molar-refractivity contribution is 6.30. The smallest absolute Gasteiger partial charge is 0.318 e. The number of carbonyl (C=O) groups is 3. The summed E-state index contributed by atoms with van der Waals surface area (Å²) in [5.74, 6) is -1.41. The van der Waals surface area contributed by atoms with Crippen molar-refractivity contribution in [3.63, 3.8) is 0 Å². The number of halogens is 2. The van der Waals surface area contributed by atoms with Crippen molar-refractivity contribution in [3.05, 3.63) is 76.6 Å². The molecule has 0 spiro atoms. The fourth-order valence-corrected chi connectivity index (χ4v) is 5.57. The fraction of sp³-hybridized carbons (Fsp3) is 0.367. The fourth-order valence-electron chi connectivity index (χ4n) is 5.42. The van der Waals surface area contributed by atoms with Crippen LogP contribution in [-0.4, -0.2) is 46.4 Å². The lowest BCUT2D eigenvalue weighted by atomic mass is 9.93. The van der Waals surface area contributed by atoms with Crippen molar-refractivity contribution in [2.24, 2.45) is 5.92 Å². The van der Waals surface area contributed by atoms with Crippen LogP contribution in [0.3, 0.4) is 0 Å². The molecule has 4 heterocycles. The molecule has 2 N–H and O–H groups in total. The first kappa shape index (κ1) is 28.5. The van der Waals surface area contributed by atoms with Gasteiger partial charge in [-0.1, -0.05) is 37.1 Å². The lowest BCUT2D eigenvalue weighted by Crippen LogP contribution is -2.50. The van der Waals surface area contributed by atoms with Crippen LogP contribution in [0, 0.1) is 11.7 Å². The molecule has 2 aliphatic heterocycles. The van der Waals surface area contributed by atoms with E-state index >= 15 is 0 Å². The van der Waals surface area contributed by atoms with Crippen LogP contribution >= 0.6 is 11.6 Å². The van der Waals surface area contributed by atoms with Crippen molar-refractivity contribution in [2.45, 2.75) is 51.1 Å². The Morgan fingerprint density at radius 1 is 1.12 bits per heavy atom. The predicted octanol–water partition coefficient (Wildman–Crippen LogP) is 5.61. The van der Waals surface area contributed by atoms with Crippen LogP contribution < -0.4 is 10.6 Å². The molecular formula is C30H31ClFN5O4. The number of aromatic nitrogens is 2. The van der Waals surface area contributed by atoms with Crippen molar-refractivity contribution in [1.82, 2.24) is 20.2 Å². The molecule has 3 atom stereocenters. The van der Waals surface area contributed by atoms with E-state index in [9.17, 15) is 18.8 Å². The molecule has 1 fully saturated rings. The second-order valence-electron chi connectivity index (χ2n) is 10.4. The number of hydrogen-bond donors (Lipinski definition) is 2. The number of esters is 1. The SMILES string of the molecule is COC(=O)Cc1ccc2c(c1)NC(=O)[C@H](C)CCC[C@H](N1CCC(c3nccc(Cl)c3F)NC1=O)c1cc-2ccn1. The van der Waals surface area contributed by atoms with Gasteiger partial charge in [0.1, 0.15) is 0 Å². The number of urea groups is 1. The molecule has 11 heteroatoms. The number of pyridine rings is 2. The molecule has 3 amide bonds. The zero-order chi connectivity index (χ0) is 29.1. The molecule has 214 valence electrons. The van der Waals surface area contributed by atoms with E-state index in [1.807, 2.05) is 31.2 Å². The molecule has 3 aromatic rings. The number of benzene rings is 1. The maximum absolute atomic E-state index is 14.6. The maximum Gasteiger partial charge on any atom is 0.318 e. The standard InChI is InChI=1S/C30H31ClFN5O4/c1-17-4-3-5-25(37-13-10-22(36-30(37)40)28-27(32)21(31)9-12-34-28)24-16-19(8-11-33-24)20-7-6-18(15-26(38)41-2)14-23(20)35-29(17)39/h6-9,11-12,14,16-17,22,25H,3-5,10,13,15H2,1-2H3,(H,35,39)(H,36,40)/t17-,22?,25+/m1/s1. The van der Waals surface area contributed by atoms with Gasteiger partial charge in [-0.15, -0.1) is 0 Å². The first-order chi connectivity index (χ1) is 19.7. The molecule has 2 bridgehead atoms. The highest BCUT2D eigenvalue weighted by Crippen LogP contribution is 2.36. The number of fused-ring (bicyclic) bond motifs is 4. The summed E-state index contributed by atoms with van der Waals surface area (Å²) in [6.45, 7) is 2.24. The van der Waals surface area contributed by atoms with E-state index in [4.69, 9.17) is 16.3 Å². The van der Waals surface area contributed by atoms with Crippen LogP contribution in [0.1, 0.15) is 61.6 Å². The topological polar surface area (TPSA) is 114 Å². The second-order valence-corrected chi connectivity index (χ2v) is 10.8. The third-order valence-corrected chi connectivity index (χ3v) is 8.00. The summed E-state index contributed by atoms with van der Waals surface area (Å²) in [6, 6.07) is 9.34. The van der Waals surface area contributed by atoms with Crippen LogP contribution in [0.25, 0.3) is 11.1 Å². The van der Waals surface area contributed by atoms with E-state index in [0.29, 0.717) is 49.2 Å². The lowest BCUT2D eigenvalue weighted by Gasteiger charge is -2.38. The van der Waals surface area contributed by atoms with E-state index in [1.165, 1.54) is 19.4 Å². The van der Waals surface area contributed by atoms with Gasteiger partial charge in [0.2, 0.25) is 5.91 Å². The molecular weight excluding hydrogens is 549 g/mol. The Morgan fingerprint density at radius 3 is 2.71 bits per heavy atom. The summed E-state index contributed by atoms with van der Waals surface area (Å²) in [5.41, 5.74) is 3.72. The molecule has 41 heavy (non-hydrogen) atoms. The normalized spacial score (nSPS) is 21.1. The number of nitrogens with zero attached hydrogens (tertiary/aromatic N) is 3. The summed E-state index contributed by atoms with van der Waals surface area (Å²) < 4.78 is 19.4. The van der Waals surface area contributed by atoms with Crippen molar-refractivity contribution in [2.75, 3.05) is 19.0 Å². The summed E-state index contributed by atoms with van der Waals surface area (Å²) in [4.78, 5) is 48.9. The summed E-state index contributed by atoms with van der Waals surface area (Å²) >= 11 is 5.94.